The Labute approximate surface area is 104 Å². The summed E-state index contributed by atoms with van der Waals surface area (Å²) in [6, 6.07) is 4.59. The first-order chi connectivity index (χ1) is 8.22. The van der Waals surface area contributed by atoms with Gasteiger partial charge in [0.05, 0.1) is 0 Å². The molecule has 1 heterocycles. The van der Waals surface area contributed by atoms with Crippen LogP contribution >= 0.6 is 0 Å². The number of hydrazine groups is 1. The van der Waals surface area contributed by atoms with Crippen LogP contribution in [-0.4, -0.2) is 11.0 Å². The zero-order valence-corrected chi connectivity index (χ0v) is 10.8. The maximum atomic E-state index is 5.72. The average molecular weight is 233 g/mol. The Morgan fingerprint density at radius 3 is 3.00 bits per heavy atom. The molecule has 2 unspecified atom stereocenters. The summed E-state index contributed by atoms with van der Waals surface area (Å²) >= 11 is 0. The Balaban J connectivity index is 2.06. The number of hydrogen-bond acceptors (Lipinski definition) is 3. The summed E-state index contributed by atoms with van der Waals surface area (Å²) < 4.78 is 0. The molecule has 0 radical (unpaired) electrons. The highest BCUT2D eigenvalue weighted by molar-refractivity contribution is 5.29. The average Bonchev–Trinajstić information content (AvgIpc) is 2.74. The fraction of sp³-hybridized carbons (Fsp3) is 0.643. The molecule has 0 fully saturated rings. The van der Waals surface area contributed by atoms with Crippen LogP contribution in [0.3, 0.4) is 0 Å². The Morgan fingerprint density at radius 1 is 1.47 bits per heavy atom. The molecule has 1 aliphatic carbocycles. The van der Waals surface area contributed by atoms with Crippen LogP contribution in [0.1, 0.15) is 50.3 Å². The number of nitrogens with zero attached hydrogens (tertiary/aromatic N) is 1. The smallest absolute Gasteiger partial charge is 0.0482 e. The Bertz CT molecular complexity index is 362. The molecule has 0 spiro atoms. The molecule has 2 rings (SSSR count). The SMILES string of the molecule is CC(C)CCC(NN)C1CCc2cccnc21. The fourth-order valence-electron chi connectivity index (χ4n) is 2.75. The molecule has 2 atom stereocenters. The molecule has 0 saturated carbocycles. The quantitative estimate of drug-likeness (QED) is 0.606. The maximum absolute atomic E-state index is 5.72. The molecule has 0 aromatic carbocycles. The van der Waals surface area contributed by atoms with E-state index in [-0.39, 0.29) is 0 Å². The van der Waals surface area contributed by atoms with E-state index in [4.69, 9.17) is 5.84 Å². The third-order valence-corrected chi connectivity index (χ3v) is 3.76. The second-order valence-corrected chi connectivity index (χ2v) is 5.44. The molecule has 1 aromatic rings. The molecule has 0 bridgehead atoms. The zero-order valence-electron chi connectivity index (χ0n) is 10.8. The predicted octanol–water partition coefficient (Wildman–Crippen LogP) is 2.38. The number of nitrogens with one attached hydrogen (secondary N) is 1. The number of nitrogens with two attached hydrogens (primary N) is 1. The number of aromatic nitrogens is 1. The first kappa shape index (κ1) is 12.5. The summed E-state index contributed by atoms with van der Waals surface area (Å²) in [6.45, 7) is 4.52. The van der Waals surface area contributed by atoms with E-state index in [2.05, 4.69) is 30.3 Å². The second-order valence-electron chi connectivity index (χ2n) is 5.44. The fourth-order valence-corrected chi connectivity index (χ4v) is 2.75. The van der Waals surface area contributed by atoms with Crippen LogP contribution in [0.5, 0.6) is 0 Å². The molecule has 17 heavy (non-hydrogen) atoms. The van der Waals surface area contributed by atoms with E-state index in [0.29, 0.717) is 12.0 Å². The van der Waals surface area contributed by atoms with Crippen LogP contribution in [0.25, 0.3) is 0 Å². The van der Waals surface area contributed by atoms with Gasteiger partial charge in [-0.1, -0.05) is 19.9 Å². The van der Waals surface area contributed by atoms with Crippen LogP contribution in [0, 0.1) is 5.92 Å². The van der Waals surface area contributed by atoms with Crippen molar-refractivity contribution in [2.45, 2.75) is 51.5 Å². The van der Waals surface area contributed by atoms with Crippen molar-refractivity contribution in [1.82, 2.24) is 10.4 Å². The molecular weight excluding hydrogens is 210 g/mol. The van der Waals surface area contributed by atoms with Gasteiger partial charge in [0, 0.05) is 23.9 Å². The minimum atomic E-state index is 0.369. The molecule has 3 heteroatoms. The summed E-state index contributed by atoms with van der Waals surface area (Å²) in [4.78, 5) is 4.54. The van der Waals surface area contributed by atoms with Crippen molar-refractivity contribution in [3.05, 3.63) is 29.6 Å². The molecule has 0 aliphatic heterocycles. The van der Waals surface area contributed by atoms with E-state index in [0.717, 1.165) is 18.8 Å². The largest absolute Gasteiger partial charge is 0.271 e. The lowest BCUT2D eigenvalue weighted by atomic mass is 9.91. The first-order valence-electron chi connectivity index (χ1n) is 6.62. The monoisotopic (exact) mass is 233 g/mol. The second kappa shape index (κ2) is 5.61. The lowest BCUT2D eigenvalue weighted by Gasteiger charge is -2.23. The van der Waals surface area contributed by atoms with Crippen LogP contribution in [0.4, 0.5) is 0 Å². The van der Waals surface area contributed by atoms with E-state index in [1.165, 1.54) is 24.1 Å². The van der Waals surface area contributed by atoms with E-state index in [9.17, 15) is 0 Å². The highest BCUT2D eigenvalue weighted by Gasteiger charge is 2.30. The van der Waals surface area contributed by atoms with Gasteiger partial charge in [-0.3, -0.25) is 16.3 Å². The Kier molecular flexibility index (Phi) is 4.13. The van der Waals surface area contributed by atoms with Gasteiger partial charge in [0.1, 0.15) is 0 Å². The summed E-state index contributed by atoms with van der Waals surface area (Å²) in [5, 5.41) is 0. The highest BCUT2D eigenvalue weighted by Crippen LogP contribution is 2.35. The van der Waals surface area contributed by atoms with Crippen molar-refractivity contribution in [3.8, 4) is 0 Å². The molecule has 1 aromatic heterocycles. The number of hydrogen-bond donors (Lipinski definition) is 2. The van der Waals surface area contributed by atoms with Gasteiger partial charge < -0.3 is 0 Å². The van der Waals surface area contributed by atoms with Crippen molar-refractivity contribution >= 4 is 0 Å². The first-order valence-corrected chi connectivity index (χ1v) is 6.62. The molecule has 0 saturated heterocycles. The zero-order chi connectivity index (χ0) is 12.3. The van der Waals surface area contributed by atoms with Crippen molar-refractivity contribution in [2.75, 3.05) is 0 Å². The van der Waals surface area contributed by atoms with Crippen LogP contribution in [0.2, 0.25) is 0 Å². The minimum Gasteiger partial charge on any atom is -0.271 e. The summed E-state index contributed by atoms with van der Waals surface area (Å²) in [5.74, 6) is 6.95. The number of rotatable bonds is 5. The van der Waals surface area contributed by atoms with Gasteiger partial charge in [-0.2, -0.15) is 0 Å². The third-order valence-electron chi connectivity index (χ3n) is 3.76. The predicted molar refractivity (Wildman–Crippen MR) is 70.5 cm³/mol. The molecule has 3 N–H and O–H groups in total. The molecule has 3 nitrogen and oxygen atoms in total. The van der Waals surface area contributed by atoms with Gasteiger partial charge in [-0.15, -0.1) is 0 Å². The maximum Gasteiger partial charge on any atom is 0.0482 e. The van der Waals surface area contributed by atoms with Gasteiger partial charge >= 0.3 is 0 Å². The lowest BCUT2D eigenvalue weighted by Crippen LogP contribution is -2.39. The molecular formula is C14H23N3. The highest BCUT2D eigenvalue weighted by atomic mass is 15.2. The summed E-state index contributed by atoms with van der Waals surface area (Å²) in [7, 11) is 0. The van der Waals surface area contributed by atoms with E-state index >= 15 is 0 Å². The molecule has 94 valence electrons. The van der Waals surface area contributed by atoms with Gasteiger partial charge in [0.15, 0.2) is 0 Å². The normalized spacial score (nSPS) is 20.6. The Hall–Kier alpha value is -0.930. The Morgan fingerprint density at radius 2 is 2.29 bits per heavy atom. The van der Waals surface area contributed by atoms with Gasteiger partial charge in [-0.05, 0) is 43.2 Å². The van der Waals surface area contributed by atoms with E-state index in [1.54, 1.807) is 0 Å². The van der Waals surface area contributed by atoms with Crippen LogP contribution in [-0.2, 0) is 6.42 Å². The van der Waals surface area contributed by atoms with Crippen LogP contribution < -0.4 is 11.3 Å². The number of fused-ring (bicyclic) bond motifs is 1. The van der Waals surface area contributed by atoms with Crippen molar-refractivity contribution in [2.24, 2.45) is 11.8 Å². The number of aryl methyl sites for hydroxylation is 1. The van der Waals surface area contributed by atoms with Gasteiger partial charge in [-0.25, -0.2) is 0 Å². The van der Waals surface area contributed by atoms with E-state index in [1.807, 2.05) is 12.3 Å². The molecule has 1 aliphatic rings. The minimum absolute atomic E-state index is 0.369. The van der Waals surface area contributed by atoms with Gasteiger partial charge in [0.25, 0.3) is 0 Å². The third kappa shape index (κ3) is 2.85. The van der Waals surface area contributed by atoms with Crippen molar-refractivity contribution < 1.29 is 0 Å². The van der Waals surface area contributed by atoms with E-state index < -0.39 is 0 Å². The van der Waals surface area contributed by atoms with Crippen molar-refractivity contribution in [1.29, 1.82) is 0 Å². The van der Waals surface area contributed by atoms with Crippen molar-refractivity contribution in [3.63, 3.8) is 0 Å². The molecule has 0 amide bonds. The lowest BCUT2D eigenvalue weighted by molar-refractivity contribution is 0.376. The standard InChI is InChI=1S/C14H23N3/c1-10(2)5-8-13(17-15)12-7-6-11-4-3-9-16-14(11)12/h3-4,9-10,12-13,17H,5-8,15H2,1-2H3. The summed E-state index contributed by atoms with van der Waals surface area (Å²) in [6.07, 6.45) is 6.57. The van der Waals surface area contributed by atoms with Gasteiger partial charge in [0.2, 0.25) is 0 Å². The topological polar surface area (TPSA) is 50.9 Å². The summed E-state index contributed by atoms with van der Waals surface area (Å²) in [5.41, 5.74) is 5.67. The van der Waals surface area contributed by atoms with Crippen LogP contribution in [0.15, 0.2) is 18.3 Å². The number of pyridine rings is 1.